The molecule has 1 aromatic carbocycles. The van der Waals surface area contributed by atoms with E-state index < -0.39 is 0 Å². The van der Waals surface area contributed by atoms with Gasteiger partial charge in [0.05, 0.1) is 10.6 Å². The molecule has 2 N–H and O–H groups in total. The van der Waals surface area contributed by atoms with Crippen molar-refractivity contribution in [3.8, 4) is 11.5 Å². The van der Waals surface area contributed by atoms with E-state index in [-0.39, 0.29) is 37.4 Å². The molecular formula is C17H16N2O5S. The van der Waals surface area contributed by atoms with Crippen LogP contribution in [0.15, 0.2) is 29.6 Å². The number of fused-ring (bicyclic) bond motifs is 1. The summed E-state index contributed by atoms with van der Waals surface area (Å²) in [5, 5.41) is 7.18. The summed E-state index contributed by atoms with van der Waals surface area (Å²) in [6.45, 7) is 1.69. The summed E-state index contributed by atoms with van der Waals surface area (Å²) in [5.74, 6) is 0.237. The number of rotatable bonds is 6. The standard InChI is InChI=1S/C17H16N2O5S/c1-10(20)11-7-13-14(24-9-23-13)8-12(11)19-16(21)4-5-18-17(22)15-3-2-6-25-15/h2-3,6-8H,4-5,9H2,1H3,(H,18,22)(H,19,21). The van der Waals surface area contributed by atoms with Gasteiger partial charge in [0.2, 0.25) is 12.7 Å². The second-order valence-electron chi connectivity index (χ2n) is 5.34. The first-order valence-corrected chi connectivity index (χ1v) is 8.48. The Morgan fingerprint density at radius 3 is 2.64 bits per heavy atom. The van der Waals surface area contributed by atoms with Crippen LogP contribution in [0.2, 0.25) is 0 Å². The van der Waals surface area contributed by atoms with Gasteiger partial charge in [-0.15, -0.1) is 11.3 Å². The maximum Gasteiger partial charge on any atom is 0.261 e. The van der Waals surface area contributed by atoms with E-state index in [0.29, 0.717) is 27.6 Å². The number of hydrogen-bond acceptors (Lipinski definition) is 6. The third-order valence-corrected chi connectivity index (χ3v) is 4.42. The van der Waals surface area contributed by atoms with Gasteiger partial charge < -0.3 is 20.1 Å². The molecule has 0 saturated heterocycles. The van der Waals surface area contributed by atoms with Gasteiger partial charge >= 0.3 is 0 Å². The number of ketones is 1. The van der Waals surface area contributed by atoms with E-state index in [1.54, 1.807) is 24.3 Å². The number of thiophene rings is 1. The van der Waals surface area contributed by atoms with Crippen molar-refractivity contribution in [2.75, 3.05) is 18.7 Å². The van der Waals surface area contributed by atoms with Crippen molar-refractivity contribution in [1.82, 2.24) is 5.32 Å². The van der Waals surface area contributed by atoms with Gasteiger partial charge in [0.25, 0.3) is 5.91 Å². The molecule has 1 aliphatic heterocycles. The van der Waals surface area contributed by atoms with E-state index in [2.05, 4.69) is 10.6 Å². The zero-order chi connectivity index (χ0) is 17.8. The molecule has 0 aliphatic carbocycles. The maximum absolute atomic E-state index is 12.1. The highest BCUT2D eigenvalue weighted by molar-refractivity contribution is 7.12. The number of benzene rings is 1. The molecule has 0 radical (unpaired) electrons. The third-order valence-electron chi connectivity index (χ3n) is 3.55. The number of amides is 2. The Labute approximate surface area is 147 Å². The lowest BCUT2D eigenvalue weighted by atomic mass is 10.1. The van der Waals surface area contributed by atoms with Crippen LogP contribution >= 0.6 is 11.3 Å². The van der Waals surface area contributed by atoms with Crippen molar-refractivity contribution in [3.05, 3.63) is 40.1 Å². The Hall–Kier alpha value is -2.87. The van der Waals surface area contributed by atoms with E-state index in [1.165, 1.54) is 18.3 Å². The van der Waals surface area contributed by atoms with Crippen LogP contribution in [0.4, 0.5) is 5.69 Å². The summed E-state index contributed by atoms with van der Waals surface area (Å²) in [5.41, 5.74) is 0.714. The van der Waals surface area contributed by atoms with Gasteiger partial charge in [-0.3, -0.25) is 14.4 Å². The van der Waals surface area contributed by atoms with E-state index in [0.717, 1.165) is 0 Å². The Morgan fingerprint density at radius 1 is 1.20 bits per heavy atom. The topological polar surface area (TPSA) is 93.7 Å². The summed E-state index contributed by atoms with van der Waals surface area (Å²) < 4.78 is 10.5. The fourth-order valence-electron chi connectivity index (χ4n) is 2.33. The molecule has 2 aromatic rings. The monoisotopic (exact) mass is 360 g/mol. The minimum absolute atomic E-state index is 0.0822. The maximum atomic E-state index is 12.1. The first kappa shape index (κ1) is 17.0. The summed E-state index contributed by atoms with van der Waals surface area (Å²) in [6.07, 6.45) is 0.0862. The fourth-order valence-corrected chi connectivity index (χ4v) is 2.97. The molecule has 25 heavy (non-hydrogen) atoms. The van der Waals surface area contributed by atoms with E-state index >= 15 is 0 Å². The van der Waals surface area contributed by atoms with Crippen molar-refractivity contribution >= 4 is 34.6 Å². The first-order valence-electron chi connectivity index (χ1n) is 7.60. The molecule has 130 valence electrons. The molecule has 8 heteroatoms. The SMILES string of the molecule is CC(=O)c1cc2c(cc1NC(=O)CCNC(=O)c1cccs1)OCO2. The smallest absolute Gasteiger partial charge is 0.261 e. The van der Waals surface area contributed by atoms with Gasteiger partial charge in [-0.1, -0.05) is 6.07 Å². The first-order chi connectivity index (χ1) is 12.0. The largest absolute Gasteiger partial charge is 0.454 e. The lowest BCUT2D eigenvalue weighted by Gasteiger charge is -2.11. The summed E-state index contributed by atoms with van der Waals surface area (Å²) in [7, 11) is 0. The van der Waals surface area contributed by atoms with Gasteiger partial charge in [-0.2, -0.15) is 0 Å². The zero-order valence-electron chi connectivity index (χ0n) is 13.5. The van der Waals surface area contributed by atoms with Crippen LogP contribution < -0.4 is 20.1 Å². The Bertz CT molecular complexity index is 817. The second kappa shape index (κ2) is 7.35. The second-order valence-corrected chi connectivity index (χ2v) is 6.29. The van der Waals surface area contributed by atoms with Crippen molar-refractivity contribution < 1.29 is 23.9 Å². The van der Waals surface area contributed by atoms with Crippen LogP contribution in [0.3, 0.4) is 0 Å². The molecule has 0 unspecified atom stereocenters. The molecule has 0 atom stereocenters. The van der Waals surface area contributed by atoms with Crippen LogP contribution in [-0.4, -0.2) is 30.9 Å². The molecule has 2 heterocycles. The lowest BCUT2D eigenvalue weighted by molar-refractivity contribution is -0.116. The Kier molecular flexibility index (Phi) is 4.99. The number of hydrogen-bond donors (Lipinski definition) is 2. The molecule has 0 fully saturated rings. The molecule has 7 nitrogen and oxygen atoms in total. The highest BCUT2D eigenvalue weighted by atomic mass is 32.1. The van der Waals surface area contributed by atoms with E-state index in [4.69, 9.17) is 9.47 Å². The quantitative estimate of drug-likeness (QED) is 0.772. The highest BCUT2D eigenvalue weighted by Gasteiger charge is 2.20. The molecule has 1 aliphatic rings. The fraction of sp³-hybridized carbons (Fsp3) is 0.235. The van der Waals surface area contributed by atoms with Gasteiger partial charge in [0.1, 0.15) is 0 Å². The normalized spacial score (nSPS) is 11.9. The molecule has 0 saturated carbocycles. The van der Waals surface area contributed by atoms with Crippen molar-refractivity contribution in [1.29, 1.82) is 0 Å². The van der Waals surface area contributed by atoms with E-state index in [9.17, 15) is 14.4 Å². The van der Waals surface area contributed by atoms with Gasteiger partial charge in [-0.25, -0.2) is 0 Å². The van der Waals surface area contributed by atoms with Crippen molar-refractivity contribution in [2.24, 2.45) is 0 Å². The molecule has 0 spiro atoms. The lowest BCUT2D eigenvalue weighted by Crippen LogP contribution is -2.27. The van der Waals surface area contributed by atoms with E-state index in [1.807, 2.05) is 5.38 Å². The summed E-state index contributed by atoms with van der Waals surface area (Å²) in [4.78, 5) is 36.3. The molecule has 1 aromatic heterocycles. The number of anilines is 1. The molecule has 2 amide bonds. The van der Waals surface area contributed by atoms with Crippen molar-refractivity contribution in [2.45, 2.75) is 13.3 Å². The number of ether oxygens (including phenoxy) is 2. The predicted octanol–water partition coefficient (Wildman–Crippen LogP) is 2.44. The van der Waals surface area contributed by atoms with Crippen LogP contribution in [0, 0.1) is 0 Å². The van der Waals surface area contributed by atoms with Gasteiger partial charge in [0.15, 0.2) is 17.3 Å². The van der Waals surface area contributed by atoms with Crippen LogP contribution in [0.1, 0.15) is 33.4 Å². The predicted molar refractivity (Wildman–Crippen MR) is 92.5 cm³/mol. The average Bonchev–Trinajstić information content (AvgIpc) is 3.25. The minimum atomic E-state index is -0.312. The molecular weight excluding hydrogens is 344 g/mol. The van der Waals surface area contributed by atoms with Gasteiger partial charge in [-0.05, 0) is 24.4 Å². The highest BCUT2D eigenvalue weighted by Crippen LogP contribution is 2.37. The van der Waals surface area contributed by atoms with Crippen molar-refractivity contribution in [3.63, 3.8) is 0 Å². The van der Waals surface area contributed by atoms with Crippen LogP contribution in [0.5, 0.6) is 11.5 Å². The zero-order valence-corrected chi connectivity index (χ0v) is 14.3. The number of carbonyl (C=O) groups is 3. The molecule has 3 rings (SSSR count). The number of carbonyl (C=O) groups excluding carboxylic acids is 3. The minimum Gasteiger partial charge on any atom is -0.454 e. The third kappa shape index (κ3) is 3.97. The average molecular weight is 360 g/mol. The van der Waals surface area contributed by atoms with Gasteiger partial charge in [0, 0.05) is 24.6 Å². The molecule has 0 bridgehead atoms. The number of nitrogens with one attached hydrogen (secondary N) is 2. The summed E-state index contributed by atoms with van der Waals surface area (Å²) in [6, 6.07) is 6.63. The Morgan fingerprint density at radius 2 is 1.96 bits per heavy atom. The summed E-state index contributed by atoms with van der Waals surface area (Å²) >= 11 is 1.33. The van der Waals surface area contributed by atoms with Crippen LogP contribution in [-0.2, 0) is 4.79 Å². The number of Topliss-reactive ketones (excluding diaryl/α,β-unsaturated/α-hetero) is 1. The van der Waals surface area contributed by atoms with Crippen LogP contribution in [0.25, 0.3) is 0 Å². The Balaban J connectivity index is 1.59.